The molecule has 0 bridgehead atoms. The molecule has 66 valence electrons. The maximum Gasteiger partial charge on any atom is 0.123 e. The largest absolute Gasteiger partial charge is 0.393 e. The normalized spacial score (nSPS) is 28.4. The summed E-state index contributed by atoms with van der Waals surface area (Å²) in [5.74, 6) is 2.82. The van der Waals surface area contributed by atoms with E-state index in [1.807, 2.05) is 11.8 Å². The van der Waals surface area contributed by atoms with Crippen molar-refractivity contribution >= 4 is 11.8 Å². The predicted octanol–water partition coefficient (Wildman–Crippen LogP) is 1.85. The zero-order chi connectivity index (χ0) is 8.10. The number of aliphatic hydroxyl groups excluding tert-OH is 1. The second-order valence-corrected chi connectivity index (χ2v) is 4.25. The lowest BCUT2D eigenvalue weighted by Crippen LogP contribution is -2.18. The Hall–Kier alpha value is 0.240. The van der Waals surface area contributed by atoms with E-state index in [-0.39, 0.29) is 6.61 Å². The molecule has 11 heavy (non-hydrogen) atoms. The Morgan fingerprint density at radius 1 is 1.64 bits per heavy atom. The maximum absolute atomic E-state index is 12.7. The zero-order valence-electron chi connectivity index (χ0n) is 6.63. The van der Waals surface area contributed by atoms with Crippen LogP contribution in [0.4, 0.5) is 4.39 Å². The molecule has 1 saturated heterocycles. The minimum atomic E-state index is -0.987. The van der Waals surface area contributed by atoms with Crippen LogP contribution in [-0.2, 0) is 0 Å². The number of aliphatic hydroxyl groups is 1. The monoisotopic (exact) mass is 178 g/mol. The summed E-state index contributed by atoms with van der Waals surface area (Å²) < 4.78 is 12.7. The van der Waals surface area contributed by atoms with E-state index in [1.165, 1.54) is 12.2 Å². The van der Waals surface area contributed by atoms with Crippen molar-refractivity contribution < 1.29 is 9.50 Å². The summed E-state index contributed by atoms with van der Waals surface area (Å²) in [6.45, 7) is -0.304. The molecule has 0 spiro atoms. The molecule has 0 aromatic rings. The first-order valence-electron chi connectivity index (χ1n) is 4.15. The first-order chi connectivity index (χ1) is 5.33. The Morgan fingerprint density at radius 3 is 3.00 bits per heavy atom. The maximum atomic E-state index is 12.7. The van der Waals surface area contributed by atoms with Gasteiger partial charge < -0.3 is 5.11 Å². The van der Waals surface area contributed by atoms with Crippen molar-refractivity contribution in [2.24, 2.45) is 5.92 Å². The Labute approximate surface area is 71.4 Å². The summed E-state index contributed by atoms with van der Waals surface area (Å²) in [5.41, 5.74) is 0. The molecular formula is C8H15FOS. The third-order valence-electron chi connectivity index (χ3n) is 2.04. The van der Waals surface area contributed by atoms with Crippen LogP contribution in [0.15, 0.2) is 0 Å². The number of alkyl halides is 1. The van der Waals surface area contributed by atoms with E-state index in [0.717, 1.165) is 12.2 Å². The summed E-state index contributed by atoms with van der Waals surface area (Å²) in [6.07, 6.45) is 1.93. The van der Waals surface area contributed by atoms with Crippen LogP contribution < -0.4 is 0 Å². The van der Waals surface area contributed by atoms with Crippen LogP contribution in [0.5, 0.6) is 0 Å². The topological polar surface area (TPSA) is 20.2 Å². The SMILES string of the molecule is OCC(F)CC1CCCSC1. The predicted molar refractivity (Wildman–Crippen MR) is 46.6 cm³/mol. The Kier molecular flexibility index (Phi) is 4.23. The van der Waals surface area contributed by atoms with Gasteiger partial charge in [-0.1, -0.05) is 0 Å². The van der Waals surface area contributed by atoms with Crippen molar-refractivity contribution in [3.05, 3.63) is 0 Å². The molecule has 0 aromatic heterocycles. The molecule has 1 rings (SSSR count). The van der Waals surface area contributed by atoms with Crippen molar-refractivity contribution in [1.82, 2.24) is 0 Å². The van der Waals surface area contributed by atoms with Crippen LogP contribution in [0, 0.1) is 5.92 Å². The second-order valence-electron chi connectivity index (χ2n) is 3.10. The van der Waals surface area contributed by atoms with Gasteiger partial charge >= 0.3 is 0 Å². The van der Waals surface area contributed by atoms with Crippen molar-refractivity contribution in [1.29, 1.82) is 0 Å². The van der Waals surface area contributed by atoms with Gasteiger partial charge in [-0.05, 0) is 36.7 Å². The lowest BCUT2D eigenvalue weighted by Gasteiger charge is -2.21. The number of hydrogen-bond donors (Lipinski definition) is 1. The van der Waals surface area contributed by atoms with Gasteiger partial charge in [0.25, 0.3) is 0 Å². The van der Waals surface area contributed by atoms with Gasteiger partial charge in [-0.3, -0.25) is 0 Å². The van der Waals surface area contributed by atoms with E-state index in [1.54, 1.807) is 0 Å². The van der Waals surface area contributed by atoms with E-state index < -0.39 is 6.17 Å². The van der Waals surface area contributed by atoms with Crippen LogP contribution >= 0.6 is 11.8 Å². The highest BCUT2D eigenvalue weighted by Crippen LogP contribution is 2.26. The third kappa shape index (κ3) is 3.43. The van der Waals surface area contributed by atoms with Crippen molar-refractivity contribution in [3.8, 4) is 0 Å². The van der Waals surface area contributed by atoms with Crippen LogP contribution in [0.3, 0.4) is 0 Å². The van der Waals surface area contributed by atoms with E-state index in [2.05, 4.69) is 0 Å². The first kappa shape index (κ1) is 9.33. The van der Waals surface area contributed by atoms with Crippen LogP contribution in [0.1, 0.15) is 19.3 Å². The second kappa shape index (κ2) is 4.99. The molecule has 1 nitrogen and oxygen atoms in total. The average Bonchev–Trinajstić information content (AvgIpc) is 2.06. The van der Waals surface area contributed by atoms with E-state index in [0.29, 0.717) is 12.3 Å². The molecule has 2 atom stereocenters. The number of thioether (sulfide) groups is 1. The highest BCUT2D eigenvalue weighted by molar-refractivity contribution is 7.99. The first-order valence-corrected chi connectivity index (χ1v) is 5.31. The number of halogens is 1. The Bertz CT molecular complexity index is 104. The van der Waals surface area contributed by atoms with Gasteiger partial charge in [0.2, 0.25) is 0 Å². The molecule has 1 N–H and O–H groups in total. The van der Waals surface area contributed by atoms with Gasteiger partial charge in [0.15, 0.2) is 0 Å². The average molecular weight is 178 g/mol. The smallest absolute Gasteiger partial charge is 0.123 e. The fourth-order valence-electron chi connectivity index (χ4n) is 1.43. The van der Waals surface area contributed by atoms with Crippen LogP contribution in [0.2, 0.25) is 0 Å². The fraction of sp³-hybridized carbons (Fsp3) is 1.00. The molecule has 0 aromatic carbocycles. The Morgan fingerprint density at radius 2 is 2.45 bits per heavy atom. The summed E-state index contributed by atoms with van der Waals surface area (Å²) >= 11 is 1.91. The molecule has 0 saturated carbocycles. The zero-order valence-corrected chi connectivity index (χ0v) is 7.45. The highest BCUT2D eigenvalue weighted by atomic mass is 32.2. The van der Waals surface area contributed by atoms with E-state index in [9.17, 15) is 4.39 Å². The molecular weight excluding hydrogens is 163 g/mol. The molecule has 0 amide bonds. The summed E-state index contributed by atoms with van der Waals surface area (Å²) in [4.78, 5) is 0. The Balaban J connectivity index is 2.13. The minimum absolute atomic E-state index is 0.304. The van der Waals surface area contributed by atoms with E-state index in [4.69, 9.17) is 5.11 Å². The number of rotatable bonds is 3. The molecule has 3 heteroatoms. The standard InChI is InChI=1S/C8H15FOS/c9-8(5-10)4-7-2-1-3-11-6-7/h7-8,10H,1-6H2. The van der Waals surface area contributed by atoms with Crippen molar-refractivity contribution in [3.63, 3.8) is 0 Å². The lowest BCUT2D eigenvalue weighted by molar-refractivity contribution is 0.154. The highest BCUT2D eigenvalue weighted by Gasteiger charge is 2.17. The van der Waals surface area contributed by atoms with E-state index >= 15 is 0 Å². The van der Waals surface area contributed by atoms with Crippen LogP contribution in [-0.4, -0.2) is 29.4 Å². The van der Waals surface area contributed by atoms with Gasteiger partial charge in [-0.25, -0.2) is 4.39 Å². The molecule has 0 aliphatic carbocycles. The van der Waals surface area contributed by atoms with Crippen molar-refractivity contribution in [2.45, 2.75) is 25.4 Å². The third-order valence-corrected chi connectivity index (χ3v) is 3.33. The molecule has 1 aliphatic rings. The van der Waals surface area contributed by atoms with Crippen LogP contribution in [0.25, 0.3) is 0 Å². The van der Waals surface area contributed by atoms with Gasteiger partial charge in [-0.2, -0.15) is 11.8 Å². The summed E-state index contributed by atoms with van der Waals surface area (Å²) in [7, 11) is 0. The summed E-state index contributed by atoms with van der Waals surface area (Å²) in [5, 5.41) is 8.48. The minimum Gasteiger partial charge on any atom is -0.393 e. The lowest BCUT2D eigenvalue weighted by atomic mass is 9.99. The molecule has 1 heterocycles. The van der Waals surface area contributed by atoms with Gasteiger partial charge in [0.1, 0.15) is 6.17 Å². The van der Waals surface area contributed by atoms with Crippen molar-refractivity contribution in [2.75, 3.05) is 18.1 Å². The fourth-order valence-corrected chi connectivity index (χ4v) is 2.60. The quantitative estimate of drug-likeness (QED) is 0.711. The van der Waals surface area contributed by atoms with Gasteiger partial charge in [0, 0.05) is 0 Å². The summed E-state index contributed by atoms with van der Waals surface area (Å²) in [6, 6.07) is 0. The molecule has 1 aliphatic heterocycles. The molecule has 0 radical (unpaired) electrons. The molecule has 1 fully saturated rings. The van der Waals surface area contributed by atoms with Gasteiger partial charge in [0.05, 0.1) is 6.61 Å². The van der Waals surface area contributed by atoms with Gasteiger partial charge in [-0.15, -0.1) is 0 Å². The molecule has 2 unspecified atom stereocenters. The number of hydrogen-bond acceptors (Lipinski definition) is 2.